The van der Waals surface area contributed by atoms with E-state index in [0.717, 1.165) is 16.5 Å². The van der Waals surface area contributed by atoms with Gasteiger partial charge in [0.2, 0.25) is 11.7 Å². The van der Waals surface area contributed by atoms with E-state index >= 15 is 0 Å². The van der Waals surface area contributed by atoms with E-state index in [1.165, 1.54) is 0 Å². The van der Waals surface area contributed by atoms with Gasteiger partial charge in [0.05, 0.1) is 38.0 Å². The average molecular weight is 363 g/mol. The van der Waals surface area contributed by atoms with Crippen molar-refractivity contribution in [1.29, 1.82) is 0 Å². The van der Waals surface area contributed by atoms with Crippen LogP contribution in [0.25, 0.3) is 33.7 Å². The number of ether oxygens (including phenoxy) is 3. The fourth-order valence-corrected chi connectivity index (χ4v) is 2.86. The van der Waals surface area contributed by atoms with Gasteiger partial charge in [0.1, 0.15) is 11.5 Å². The van der Waals surface area contributed by atoms with Crippen molar-refractivity contribution < 1.29 is 18.7 Å². The predicted molar refractivity (Wildman–Crippen MR) is 100 cm³/mol. The molecule has 7 heteroatoms. The largest absolute Gasteiger partial charge is 0.497 e. The lowest BCUT2D eigenvalue weighted by atomic mass is 10.1. The lowest BCUT2D eigenvalue weighted by Crippen LogP contribution is -1.92. The van der Waals surface area contributed by atoms with Crippen LogP contribution >= 0.6 is 0 Å². The van der Waals surface area contributed by atoms with Crippen molar-refractivity contribution in [1.82, 2.24) is 15.1 Å². The molecule has 0 N–H and O–H groups in total. The van der Waals surface area contributed by atoms with E-state index in [9.17, 15) is 0 Å². The minimum Gasteiger partial charge on any atom is -0.497 e. The summed E-state index contributed by atoms with van der Waals surface area (Å²) in [7, 11) is 4.76. The first-order valence-electron chi connectivity index (χ1n) is 8.23. The van der Waals surface area contributed by atoms with Crippen LogP contribution in [-0.2, 0) is 0 Å². The lowest BCUT2D eigenvalue weighted by Gasteiger charge is -2.07. The van der Waals surface area contributed by atoms with E-state index in [-0.39, 0.29) is 0 Å². The Bertz CT molecular complexity index is 1110. The average Bonchev–Trinajstić information content (AvgIpc) is 3.22. The summed E-state index contributed by atoms with van der Waals surface area (Å²) in [5.74, 6) is 2.55. The quantitative estimate of drug-likeness (QED) is 0.530. The van der Waals surface area contributed by atoms with Gasteiger partial charge in [-0.3, -0.25) is 0 Å². The molecule has 4 aromatic rings. The van der Waals surface area contributed by atoms with Gasteiger partial charge in [0.15, 0.2) is 0 Å². The minimum atomic E-state index is 0.375. The van der Waals surface area contributed by atoms with E-state index in [2.05, 4.69) is 15.1 Å². The molecule has 2 heterocycles. The number of aromatic nitrogens is 3. The third-order valence-corrected chi connectivity index (χ3v) is 4.21. The molecule has 0 fully saturated rings. The number of hydrogen-bond acceptors (Lipinski definition) is 7. The highest BCUT2D eigenvalue weighted by molar-refractivity contribution is 5.93. The monoisotopic (exact) mass is 363 g/mol. The Kier molecular flexibility index (Phi) is 4.33. The van der Waals surface area contributed by atoms with Crippen LogP contribution in [0, 0.1) is 0 Å². The molecule has 0 aliphatic heterocycles. The van der Waals surface area contributed by atoms with Crippen molar-refractivity contribution in [3.05, 3.63) is 48.5 Å². The highest BCUT2D eigenvalue weighted by Gasteiger charge is 2.18. The smallest absolute Gasteiger partial charge is 0.259 e. The van der Waals surface area contributed by atoms with Crippen LogP contribution in [0.3, 0.4) is 0 Å². The van der Waals surface area contributed by atoms with Gasteiger partial charge < -0.3 is 18.7 Å². The van der Waals surface area contributed by atoms with Crippen molar-refractivity contribution in [3.63, 3.8) is 0 Å². The molecule has 7 nitrogen and oxygen atoms in total. The maximum absolute atomic E-state index is 5.54. The number of methoxy groups -OCH3 is 3. The van der Waals surface area contributed by atoms with Crippen molar-refractivity contribution in [2.75, 3.05) is 21.3 Å². The molecule has 0 bridgehead atoms. The summed E-state index contributed by atoms with van der Waals surface area (Å²) in [5.41, 5.74) is 2.25. The van der Waals surface area contributed by atoms with Crippen LogP contribution in [-0.4, -0.2) is 36.5 Å². The first-order chi connectivity index (χ1) is 13.2. The summed E-state index contributed by atoms with van der Waals surface area (Å²) >= 11 is 0. The minimum absolute atomic E-state index is 0.375. The number of pyridine rings is 1. The second kappa shape index (κ2) is 6.95. The molecule has 27 heavy (non-hydrogen) atoms. The highest BCUT2D eigenvalue weighted by Crippen LogP contribution is 2.35. The Labute approximate surface area is 155 Å². The number of benzene rings is 2. The number of para-hydroxylation sites is 1. The van der Waals surface area contributed by atoms with Crippen molar-refractivity contribution >= 4 is 10.9 Å². The Morgan fingerprint density at radius 3 is 2.44 bits per heavy atom. The summed E-state index contributed by atoms with van der Waals surface area (Å²) in [6.45, 7) is 0. The molecule has 4 rings (SSSR count). The second-order valence-electron chi connectivity index (χ2n) is 5.72. The molecule has 2 aromatic carbocycles. The Morgan fingerprint density at radius 2 is 1.67 bits per heavy atom. The van der Waals surface area contributed by atoms with Crippen LogP contribution in [0.15, 0.2) is 53.1 Å². The maximum Gasteiger partial charge on any atom is 0.259 e. The fraction of sp³-hybridized carbons (Fsp3) is 0.150. The summed E-state index contributed by atoms with van der Waals surface area (Å²) in [6, 6.07) is 14.9. The molecule has 0 amide bonds. The molecule has 0 aliphatic carbocycles. The molecular weight excluding hydrogens is 346 g/mol. The predicted octanol–water partition coefficient (Wildman–Crippen LogP) is 3.98. The molecule has 0 aliphatic rings. The van der Waals surface area contributed by atoms with E-state index < -0.39 is 0 Å². The van der Waals surface area contributed by atoms with Crippen LogP contribution < -0.4 is 14.2 Å². The molecule has 0 radical (unpaired) electrons. The number of rotatable bonds is 5. The zero-order chi connectivity index (χ0) is 18.8. The molecule has 0 spiro atoms. The topological polar surface area (TPSA) is 79.5 Å². The first kappa shape index (κ1) is 16.8. The zero-order valence-electron chi connectivity index (χ0n) is 15.1. The Balaban J connectivity index is 1.83. The van der Waals surface area contributed by atoms with E-state index in [1.54, 1.807) is 33.5 Å². The van der Waals surface area contributed by atoms with Crippen LogP contribution in [0.1, 0.15) is 0 Å². The van der Waals surface area contributed by atoms with Gasteiger partial charge in [-0.2, -0.15) is 4.98 Å². The van der Waals surface area contributed by atoms with Gasteiger partial charge in [-0.15, -0.1) is 0 Å². The maximum atomic E-state index is 5.54. The molecule has 2 aromatic heterocycles. The number of nitrogens with zero attached hydrogens (tertiary/aromatic N) is 3. The van der Waals surface area contributed by atoms with Crippen LogP contribution in [0.2, 0.25) is 0 Å². The summed E-state index contributed by atoms with van der Waals surface area (Å²) in [4.78, 5) is 9.00. The highest BCUT2D eigenvalue weighted by atomic mass is 16.5. The summed E-state index contributed by atoms with van der Waals surface area (Å²) in [5, 5.41) is 5.02. The van der Waals surface area contributed by atoms with Crippen molar-refractivity contribution in [2.45, 2.75) is 0 Å². The third kappa shape index (κ3) is 3.03. The van der Waals surface area contributed by atoms with Crippen molar-refractivity contribution in [2.24, 2.45) is 0 Å². The first-order valence-corrected chi connectivity index (χ1v) is 8.23. The fourth-order valence-electron chi connectivity index (χ4n) is 2.86. The van der Waals surface area contributed by atoms with Crippen molar-refractivity contribution in [3.8, 4) is 40.2 Å². The molecule has 0 unspecified atom stereocenters. The lowest BCUT2D eigenvalue weighted by molar-refractivity contribution is 0.394. The van der Waals surface area contributed by atoms with Gasteiger partial charge in [-0.25, -0.2) is 4.98 Å². The SMILES string of the molecule is COc1ccc(-c2noc(-c3cc(OC)nc4ccccc34)n2)c(OC)c1. The Morgan fingerprint density at radius 1 is 0.815 bits per heavy atom. The second-order valence-corrected chi connectivity index (χ2v) is 5.72. The molecule has 0 saturated carbocycles. The Hall–Kier alpha value is -3.61. The van der Waals surface area contributed by atoms with Gasteiger partial charge in [0, 0.05) is 17.5 Å². The molecular formula is C20H17N3O4. The van der Waals surface area contributed by atoms with Crippen LogP contribution in [0.5, 0.6) is 17.4 Å². The van der Waals surface area contributed by atoms with Gasteiger partial charge >= 0.3 is 0 Å². The van der Waals surface area contributed by atoms with E-state index in [1.807, 2.05) is 36.4 Å². The normalized spacial score (nSPS) is 10.8. The van der Waals surface area contributed by atoms with Gasteiger partial charge in [-0.1, -0.05) is 23.4 Å². The third-order valence-electron chi connectivity index (χ3n) is 4.21. The van der Waals surface area contributed by atoms with Gasteiger partial charge in [-0.05, 0) is 18.2 Å². The molecule has 0 atom stereocenters. The molecule has 0 saturated heterocycles. The molecule has 136 valence electrons. The number of fused-ring (bicyclic) bond motifs is 1. The standard InChI is InChI=1S/C20H17N3O4/c1-24-12-8-9-14(17(10-12)25-2)19-22-20(27-23-19)15-11-18(26-3)21-16-7-5-4-6-13(15)16/h4-11H,1-3H3. The van der Waals surface area contributed by atoms with Crippen LogP contribution in [0.4, 0.5) is 0 Å². The summed E-state index contributed by atoms with van der Waals surface area (Å²) < 4.78 is 21.5. The number of hydrogen-bond donors (Lipinski definition) is 0. The van der Waals surface area contributed by atoms with E-state index in [4.69, 9.17) is 18.7 Å². The zero-order valence-corrected chi connectivity index (χ0v) is 15.1. The summed E-state index contributed by atoms with van der Waals surface area (Å²) in [6.07, 6.45) is 0. The van der Waals surface area contributed by atoms with Gasteiger partial charge in [0.25, 0.3) is 5.89 Å². The van der Waals surface area contributed by atoms with E-state index in [0.29, 0.717) is 34.7 Å².